The fourth-order valence-electron chi connectivity index (χ4n) is 4.27. The Bertz CT molecular complexity index is 1460. The van der Waals surface area contributed by atoms with Gasteiger partial charge in [0.05, 0.1) is 23.9 Å². The van der Waals surface area contributed by atoms with Crippen LogP contribution in [0.4, 0.5) is 28.6 Å². The first-order valence-electron chi connectivity index (χ1n) is 11.6. The molecule has 7 nitrogen and oxygen atoms in total. The van der Waals surface area contributed by atoms with Gasteiger partial charge >= 0.3 is 6.18 Å². The van der Waals surface area contributed by atoms with E-state index >= 15 is 4.39 Å². The van der Waals surface area contributed by atoms with Crippen molar-refractivity contribution in [2.24, 2.45) is 0 Å². The molecule has 1 aliphatic rings. The summed E-state index contributed by atoms with van der Waals surface area (Å²) in [5.41, 5.74) is 1.27. The van der Waals surface area contributed by atoms with Crippen molar-refractivity contribution in [3.8, 4) is 11.3 Å². The van der Waals surface area contributed by atoms with Crippen molar-refractivity contribution in [1.29, 1.82) is 0 Å². The van der Waals surface area contributed by atoms with E-state index in [1.54, 1.807) is 11.1 Å². The van der Waals surface area contributed by atoms with Crippen molar-refractivity contribution >= 4 is 32.8 Å². The molecule has 0 saturated carbocycles. The summed E-state index contributed by atoms with van der Waals surface area (Å²) in [6.45, 7) is 4.75. The lowest BCUT2D eigenvalue weighted by molar-refractivity contribution is -0.137. The van der Waals surface area contributed by atoms with E-state index in [0.29, 0.717) is 40.6 Å². The van der Waals surface area contributed by atoms with Crippen molar-refractivity contribution in [2.45, 2.75) is 32.2 Å². The van der Waals surface area contributed by atoms with E-state index in [2.05, 4.69) is 19.9 Å². The molecule has 2 atom stereocenters. The van der Waals surface area contributed by atoms with Gasteiger partial charge in [0.25, 0.3) is 0 Å². The summed E-state index contributed by atoms with van der Waals surface area (Å²) in [4.78, 5) is 21.9. The molecule has 1 aliphatic heterocycles. The van der Waals surface area contributed by atoms with Crippen LogP contribution in [0.2, 0.25) is 0 Å². The average Bonchev–Trinajstić information content (AvgIpc) is 3.27. The van der Waals surface area contributed by atoms with E-state index in [0.717, 1.165) is 23.4 Å². The third kappa shape index (κ3) is 5.08. The maximum atomic E-state index is 15.1. The third-order valence-corrected chi connectivity index (χ3v) is 7.22. The molecule has 4 aromatic rings. The second kappa shape index (κ2) is 9.49. The molecule has 1 aromatic carbocycles. The van der Waals surface area contributed by atoms with Gasteiger partial charge in [0, 0.05) is 38.1 Å². The minimum atomic E-state index is -4.65. The summed E-state index contributed by atoms with van der Waals surface area (Å²) in [5, 5.41) is 0.621. The standard InChI is InChI=1S/C25H24F4N6OS/c1-13-9-15(7-8-30-13)19-12-35(11-14(2)36-19)23-31-20(21-22(32-23)33-24(37-21)34(3)4)17-6-5-16(10-18(17)26)25(27,28)29/h5-10,14,19H,11-12H2,1-4H3/t14-,19-/m0/s1. The Balaban J connectivity index is 1.61. The number of thiazole rings is 1. The first kappa shape index (κ1) is 25.3. The van der Waals surface area contributed by atoms with Crippen molar-refractivity contribution in [2.75, 3.05) is 37.0 Å². The highest BCUT2D eigenvalue weighted by Crippen LogP contribution is 2.39. The highest BCUT2D eigenvalue weighted by molar-refractivity contribution is 7.22. The molecule has 12 heteroatoms. The van der Waals surface area contributed by atoms with Crippen molar-refractivity contribution < 1.29 is 22.3 Å². The van der Waals surface area contributed by atoms with E-state index in [1.807, 2.05) is 45.0 Å². The van der Waals surface area contributed by atoms with Crippen LogP contribution in [0, 0.1) is 12.7 Å². The predicted molar refractivity (Wildman–Crippen MR) is 134 cm³/mol. The number of aryl methyl sites for hydroxylation is 1. The van der Waals surface area contributed by atoms with E-state index in [1.165, 1.54) is 11.3 Å². The Morgan fingerprint density at radius 3 is 2.54 bits per heavy atom. The zero-order valence-electron chi connectivity index (χ0n) is 20.5. The van der Waals surface area contributed by atoms with Crippen LogP contribution >= 0.6 is 11.3 Å². The van der Waals surface area contributed by atoms with Crippen LogP contribution in [-0.4, -0.2) is 53.2 Å². The van der Waals surface area contributed by atoms with Gasteiger partial charge in [0.2, 0.25) is 5.95 Å². The molecule has 0 aliphatic carbocycles. The molecular weight excluding hydrogens is 508 g/mol. The normalized spacial score (nSPS) is 18.4. The number of halogens is 4. The van der Waals surface area contributed by atoms with E-state index in [4.69, 9.17) is 4.74 Å². The minimum absolute atomic E-state index is 0.0433. The number of anilines is 2. The minimum Gasteiger partial charge on any atom is -0.367 e. The highest BCUT2D eigenvalue weighted by Gasteiger charge is 2.33. The van der Waals surface area contributed by atoms with Crippen LogP contribution in [0.25, 0.3) is 21.6 Å². The average molecular weight is 533 g/mol. The number of hydrogen-bond donors (Lipinski definition) is 0. The summed E-state index contributed by atoms with van der Waals surface area (Å²) in [6, 6.07) is 6.32. The number of hydrogen-bond acceptors (Lipinski definition) is 8. The van der Waals surface area contributed by atoms with Crippen molar-refractivity contribution in [3.05, 3.63) is 59.2 Å². The topological polar surface area (TPSA) is 67.3 Å². The summed E-state index contributed by atoms with van der Waals surface area (Å²) in [6.07, 6.45) is -3.36. The van der Waals surface area contributed by atoms with Crippen LogP contribution in [0.15, 0.2) is 36.5 Å². The van der Waals surface area contributed by atoms with Crippen molar-refractivity contribution in [1.82, 2.24) is 19.9 Å². The monoisotopic (exact) mass is 532 g/mol. The fourth-order valence-corrected chi connectivity index (χ4v) is 5.20. The fraction of sp³-hybridized carbons (Fsp3) is 0.360. The second-order valence-electron chi connectivity index (χ2n) is 9.18. The lowest BCUT2D eigenvalue weighted by Gasteiger charge is -2.37. The van der Waals surface area contributed by atoms with Crippen molar-refractivity contribution in [3.63, 3.8) is 0 Å². The Morgan fingerprint density at radius 2 is 1.86 bits per heavy atom. The molecule has 5 rings (SSSR count). The maximum Gasteiger partial charge on any atom is 0.416 e. The molecular formula is C25H24F4N6OS. The Kier molecular flexibility index (Phi) is 6.48. The van der Waals surface area contributed by atoms with E-state index in [-0.39, 0.29) is 23.5 Å². The molecule has 4 heterocycles. The number of morpholine rings is 1. The molecule has 37 heavy (non-hydrogen) atoms. The zero-order valence-corrected chi connectivity index (χ0v) is 21.4. The van der Waals surface area contributed by atoms with Gasteiger partial charge in [0.1, 0.15) is 16.6 Å². The van der Waals surface area contributed by atoms with Crippen LogP contribution in [0.5, 0.6) is 0 Å². The number of benzene rings is 1. The molecule has 1 saturated heterocycles. The first-order valence-corrected chi connectivity index (χ1v) is 12.4. The smallest absolute Gasteiger partial charge is 0.367 e. The van der Waals surface area contributed by atoms with Gasteiger partial charge in [-0.15, -0.1) is 0 Å². The van der Waals surface area contributed by atoms with Crippen LogP contribution in [-0.2, 0) is 10.9 Å². The molecule has 3 aromatic heterocycles. The zero-order chi connectivity index (χ0) is 26.5. The Labute approximate surface area is 214 Å². The van der Waals surface area contributed by atoms with Gasteiger partial charge < -0.3 is 14.5 Å². The van der Waals surface area contributed by atoms with Crippen LogP contribution < -0.4 is 9.80 Å². The largest absolute Gasteiger partial charge is 0.416 e. The molecule has 0 bridgehead atoms. The second-order valence-corrected chi connectivity index (χ2v) is 10.2. The first-order chi connectivity index (χ1) is 17.5. The van der Waals surface area contributed by atoms with Gasteiger partial charge in [-0.2, -0.15) is 23.1 Å². The van der Waals surface area contributed by atoms with Crippen LogP contribution in [0.1, 0.15) is 29.8 Å². The highest BCUT2D eigenvalue weighted by atomic mass is 32.1. The number of fused-ring (bicyclic) bond motifs is 1. The van der Waals surface area contributed by atoms with E-state index in [9.17, 15) is 13.2 Å². The summed E-state index contributed by atoms with van der Waals surface area (Å²) in [7, 11) is 3.63. The Hall–Kier alpha value is -3.38. The van der Waals surface area contributed by atoms with Gasteiger partial charge in [-0.05, 0) is 49.7 Å². The molecule has 0 amide bonds. The molecule has 1 fully saturated rings. The number of ether oxygens (including phenoxy) is 1. The lowest BCUT2D eigenvalue weighted by atomic mass is 10.1. The number of pyridine rings is 1. The summed E-state index contributed by atoms with van der Waals surface area (Å²) >= 11 is 1.25. The SMILES string of the molecule is Cc1cc([C@@H]2CN(c3nc(-c4ccc(C(F)(F)F)cc4F)c4sc(N(C)C)nc4n3)C[C@H](C)O2)ccn1. The van der Waals surface area contributed by atoms with Gasteiger partial charge in [0.15, 0.2) is 10.8 Å². The van der Waals surface area contributed by atoms with Gasteiger partial charge in [-0.25, -0.2) is 9.37 Å². The Morgan fingerprint density at radius 1 is 1.08 bits per heavy atom. The van der Waals surface area contributed by atoms with Crippen LogP contribution in [0.3, 0.4) is 0 Å². The summed E-state index contributed by atoms with van der Waals surface area (Å²) < 4.78 is 61.2. The molecule has 0 N–H and O–H groups in total. The number of rotatable bonds is 4. The predicted octanol–water partition coefficient (Wildman–Crippen LogP) is 5.65. The molecule has 0 unspecified atom stereocenters. The molecule has 194 valence electrons. The third-order valence-electron chi connectivity index (χ3n) is 6.00. The number of aromatic nitrogens is 4. The quantitative estimate of drug-likeness (QED) is 0.315. The maximum absolute atomic E-state index is 15.1. The number of nitrogens with zero attached hydrogens (tertiary/aromatic N) is 6. The lowest BCUT2D eigenvalue weighted by Crippen LogP contribution is -2.43. The van der Waals surface area contributed by atoms with Gasteiger partial charge in [-0.3, -0.25) is 4.98 Å². The molecule has 0 radical (unpaired) electrons. The molecule has 0 spiro atoms. The van der Waals surface area contributed by atoms with Gasteiger partial charge in [-0.1, -0.05) is 11.3 Å². The summed E-state index contributed by atoms with van der Waals surface area (Å²) in [5.74, 6) is -0.704. The number of alkyl halides is 3. The van der Waals surface area contributed by atoms with E-state index < -0.39 is 17.6 Å².